The first-order chi connectivity index (χ1) is 16.0. The lowest BCUT2D eigenvalue weighted by molar-refractivity contribution is -0.147. The molecule has 3 rings (SSSR count). The van der Waals surface area contributed by atoms with Crippen molar-refractivity contribution in [2.75, 3.05) is 14.2 Å². The molecule has 0 fully saturated rings. The van der Waals surface area contributed by atoms with Crippen molar-refractivity contribution >= 4 is 50.6 Å². The zero-order valence-electron chi connectivity index (χ0n) is 19.7. The highest BCUT2D eigenvalue weighted by molar-refractivity contribution is 9.10. The summed E-state index contributed by atoms with van der Waals surface area (Å²) in [6.45, 7) is 7.42. The zero-order valence-corrected chi connectivity index (χ0v) is 22.0. The van der Waals surface area contributed by atoms with Crippen molar-refractivity contribution in [3.05, 3.63) is 61.6 Å². The Morgan fingerprint density at radius 3 is 2.56 bits per heavy atom. The van der Waals surface area contributed by atoms with Gasteiger partial charge < -0.3 is 14.2 Å². The fraction of sp³-hybridized carbons (Fsp3) is 0.333. The molecular formula is C24H25BrClN3O5. The van der Waals surface area contributed by atoms with E-state index in [-0.39, 0.29) is 16.3 Å². The van der Waals surface area contributed by atoms with Crippen molar-refractivity contribution in [1.29, 1.82) is 0 Å². The van der Waals surface area contributed by atoms with Crippen LogP contribution >= 0.6 is 27.5 Å². The molecule has 1 atom stereocenters. The number of halogens is 2. The highest BCUT2D eigenvalue weighted by Gasteiger charge is 2.23. The maximum Gasteiger partial charge on any atom is 0.346 e. The number of methoxy groups -OCH3 is 2. The Morgan fingerprint density at radius 1 is 1.24 bits per heavy atom. The van der Waals surface area contributed by atoms with Gasteiger partial charge >= 0.3 is 5.97 Å². The number of fused-ring (bicyclic) bond motifs is 1. The van der Waals surface area contributed by atoms with E-state index in [4.69, 9.17) is 26.1 Å². The molecule has 1 heterocycles. The normalized spacial score (nSPS) is 12.7. The molecule has 0 spiro atoms. The molecular weight excluding hydrogens is 526 g/mol. The van der Waals surface area contributed by atoms with Gasteiger partial charge in [-0.05, 0) is 42.8 Å². The van der Waals surface area contributed by atoms with Crippen LogP contribution in [0.5, 0.6) is 11.5 Å². The largest absolute Gasteiger partial charge is 0.493 e. The van der Waals surface area contributed by atoms with Gasteiger partial charge in [0.05, 0.1) is 36.4 Å². The Hall–Kier alpha value is -2.91. The fourth-order valence-corrected chi connectivity index (χ4v) is 3.81. The van der Waals surface area contributed by atoms with Gasteiger partial charge in [0, 0.05) is 9.89 Å². The Morgan fingerprint density at radius 2 is 1.94 bits per heavy atom. The first-order valence-corrected chi connectivity index (χ1v) is 11.5. The predicted molar refractivity (Wildman–Crippen MR) is 136 cm³/mol. The molecule has 180 valence electrons. The number of hydrogen-bond acceptors (Lipinski definition) is 7. The van der Waals surface area contributed by atoms with Crippen LogP contribution in [-0.2, 0) is 14.9 Å². The number of benzene rings is 2. The van der Waals surface area contributed by atoms with Crippen LogP contribution in [0.3, 0.4) is 0 Å². The third-order valence-corrected chi connectivity index (χ3v) is 5.65. The molecule has 0 amide bonds. The number of hydrogen-bond donors (Lipinski definition) is 0. The summed E-state index contributed by atoms with van der Waals surface area (Å²) >= 11 is 9.81. The maximum atomic E-state index is 13.3. The van der Waals surface area contributed by atoms with Crippen LogP contribution in [0.15, 0.2) is 44.7 Å². The van der Waals surface area contributed by atoms with Crippen LogP contribution in [0.2, 0.25) is 5.02 Å². The number of carbonyl (C=O) groups is 1. The SMILES string of the molecule is COC(=O)[C@@H](C)Oc1c(Cl)cc(C=Nn2c(C(C)(C)C)nc3ccc(Br)cc3c2=O)cc1OC. The van der Waals surface area contributed by atoms with E-state index in [1.54, 1.807) is 31.2 Å². The Bertz CT molecular complexity index is 1330. The van der Waals surface area contributed by atoms with Gasteiger partial charge in [-0.1, -0.05) is 48.3 Å². The van der Waals surface area contributed by atoms with Crippen molar-refractivity contribution in [1.82, 2.24) is 9.66 Å². The van der Waals surface area contributed by atoms with Crippen LogP contribution in [0.25, 0.3) is 10.9 Å². The number of nitrogens with zero attached hydrogens (tertiary/aromatic N) is 3. The summed E-state index contributed by atoms with van der Waals surface area (Å²) in [4.78, 5) is 29.7. The molecule has 0 bridgehead atoms. The van der Waals surface area contributed by atoms with Crippen LogP contribution in [0.1, 0.15) is 39.1 Å². The Labute approximate surface area is 210 Å². The Balaban J connectivity index is 2.09. The van der Waals surface area contributed by atoms with Gasteiger partial charge in [0.2, 0.25) is 0 Å². The van der Waals surface area contributed by atoms with Gasteiger partial charge in [-0.25, -0.2) is 9.78 Å². The van der Waals surface area contributed by atoms with Gasteiger partial charge in [0.1, 0.15) is 5.82 Å². The topological polar surface area (TPSA) is 92.0 Å². The van der Waals surface area contributed by atoms with Gasteiger partial charge in [0.15, 0.2) is 17.6 Å². The molecule has 0 aliphatic rings. The summed E-state index contributed by atoms with van der Waals surface area (Å²) in [6.07, 6.45) is 0.608. The number of aromatic nitrogens is 2. The van der Waals surface area contributed by atoms with Gasteiger partial charge in [-0.3, -0.25) is 4.79 Å². The standard InChI is InChI=1S/C24H25BrClN3O5/c1-13(22(31)33-6)34-20-17(26)9-14(10-19(20)32-5)12-27-29-21(30)16-11-15(25)7-8-18(16)28-23(29)24(2,3)4/h7-13H,1-6H3/t13-/m1/s1. The summed E-state index contributed by atoms with van der Waals surface area (Å²) < 4.78 is 17.8. The van der Waals surface area contributed by atoms with Crippen LogP contribution in [-0.4, -0.2) is 42.2 Å². The minimum Gasteiger partial charge on any atom is -0.493 e. The van der Waals surface area contributed by atoms with E-state index < -0.39 is 17.5 Å². The van der Waals surface area contributed by atoms with E-state index in [1.165, 1.54) is 25.1 Å². The van der Waals surface area contributed by atoms with E-state index in [0.29, 0.717) is 28.0 Å². The second-order valence-corrected chi connectivity index (χ2v) is 9.85. The third-order valence-electron chi connectivity index (χ3n) is 4.88. The number of rotatable bonds is 6. The molecule has 1 aromatic heterocycles. The minimum atomic E-state index is -0.883. The second-order valence-electron chi connectivity index (χ2n) is 8.53. The first kappa shape index (κ1) is 25.7. The summed E-state index contributed by atoms with van der Waals surface area (Å²) in [6, 6.07) is 8.59. The van der Waals surface area contributed by atoms with E-state index in [2.05, 4.69) is 25.8 Å². The number of ether oxygens (including phenoxy) is 3. The average molecular weight is 551 g/mol. The quantitative estimate of drug-likeness (QED) is 0.319. The average Bonchev–Trinajstić information content (AvgIpc) is 2.78. The summed E-state index contributed by atoms with van der Waals surface area (Å²) in [7, 11) is 2.73. The molecule has 0 N–H and O–H groups in total. The van der Waals surface area contributed by atoms with Crippen molar-refractivity contribution in [3.8, 4) is 11.5 Å². The van der Waals surface area contributed by atoms with Crippen molar-refractivity contribution in [3.63, 3.8) is 0 Å². The lowest BCUT2D eigenvalue weighted by atomic mass is 9.95. The summed E-state index contributed by atoms with van der Waals surface area (Å²) in [5.41, 5.74) is 0.406. The molecule has 0 aliphatic carbocycles. The fourth-order valence-electron chi connectivity index (χ4n) is 3.19. The van der Waals surface area contributed by atoms with Gasteiger partial charge in [-0.2, -0.15) is 9.78 Å². The molecule has 0 aliphatic heterocycles. The van der Waals surface area contributed by atoms with Crippen LogP contribution in [0, 0.1) is 0 Å². The van der Waals surface area contributed by atoms with Gasteiger partial charge in [-0.15, -0.1) is 0 Å². The Kier molecular flexibility index (Phi) is 7.67. The second kappa shape index (κ2) is 10.1. The van der Waals surface area contributed by atoms with Crippen LogP contribution in [0.4, 0.5) is 0 Å². The third kappa shape index (κ3) is 5.42. The minimum absolute atomic E-state index is 0.198. The predicted octanol–water partition coefficient (Wildman–Crippen LogP) is 4.94. The first-order valence-electron chi connectivity index (χ1n) is 10.4. The molecule has 34 heavy (non-hydrogen) atoms. The summed E-state index contributed by atoms with van der Waals surface area (Å²) in [5.74, 6) is 0.458. The van der Waals surface area contributed by atoms with Crippen LogP contribution < -0.4 is 15.0 Å². The van der Waals surface area contributed by atoms with Crippen molar-refractivity contribution in [2.24, 2.45) is 5.10 Å². The molecule has 10 heteroatoms. The molecule has 8 nitrogen and oxygen atoms in total. The van der Waals surface area contributed by atoms with Crippen molar-refractivity contribution < 1.29 is 19.0 Å². The molecule has 0 unspecified atom stereocenters. The zero-order chi connectivity index (χ0) is 25.2. The molecule has 0 saturated carbocycles. The molecule has 2 aromatic carbocycles. The molecule has 0 saturated heterocycles. The number of esters is 1. The van der Waals surface area contributed by atoms with Gasteiger partial charge in [0.25, 0.3) is 5.56 Å². The van der Waals surface area contributed by atoms with Crippen molar-refractivity contribution in [2.45, 2.75) is 39.2 Å². The number of carbonyl (C=O) groups excluding carboxylic acids is 1. The monoisotopic (exact) mass is 549 g/mol. The lowest BCUT2D eigenvalue weighted by Crippen LogP contribution is -2.29. The van der Waals surface area contributed by atoms with E-state index in [9.17, 15) is 9.59 Å². The molecule has 0 radical (unpaired) electrons. The smallest absolute Gasteiger partial charge is 0.346 e. The highest BCUT2D eigenvalue weighted by Crippen LogP contribution is 2.37. The molecule has 3 aromatic rings. The van der Waals surface area contributed by atoms with E-state index >= 15 is 0 Å². The maximum absolute atomic E-state index is 13.3. The highest BCUT2D eigenvalue weighted by atomic mass is 79.9. The lowest BCUT2D eigenvalue weighted by Gasteiger charge is -2.21. The summed E-state index contributed by atoms with van der Waals surface area (Å²) in [5, 5.41) is 5.09. The van der Waals surface area contributed by atoms with E-state index in [0.717, 1.165) is 4.47 Å². The van der Waals surface area contributed by atoms with E-state index in [1.807, 2.05) is 26.8 Å².